The zero-order chi connectivity index (χ0) is 14.9. The Labute approximate surface area is 130 Å². The van der Waals surface area contributed by atoms with Gasteiger partial charge in [0.1, 0.15) is 4.90 Å². The van der Waals surface area contributed by atoms with E-state index < -0.39 is 10.0 Å². The van der Waals surface area contributed by atoms with Gasteiger partial charge in [-0.05, 0) is 52.3 Å². The molecular weight excluding hydrogens is 366 g/mol. The Morgan fingerprint density at radius 1 is 1.15 bits per heavy atom. The maximum absolute atomic E-state index is 11.3. The lowest BCUT2D eigenvalue weighted by Crippen LogP contribution is -2.14. The van der Waals surface area contributed by atoms with Crippen LogP contribution in [0, 0.1) is 0 Å². The smallest absolute Gasteiger partial charge is 0.240 e. The predicted octanol–water partition coefficient (Wildman–Crippen LogP) is 3.08. The van der Waals surface area contributed by atoms with E-state index in [0.29, 0.717) is 10.7 Å². The summed E-state index contributed by atoms with van der Waals surface area (Å²) in [6.45, 7) is 0. The topological polar surface area (TPSA) is 98.2 Å². The van der Waals surface area contributed by atoms with Crippen LogP contribution in [0.2, 0.25) is 5.02 Å². The van der Waals surface area contributed by atoms with Crippen LogP contribution in [0.4, 0.5) is 17.1 Å². The van der Waals surface area contributed by atoms with Gasteiger partial charge in [-0.1, -0.05) is 11.6 Å². The normalized spacial score (nSPS) is 11.3. The van der Waals surface area contributed by atoms with Crippen LogP contribution in [0.5, 0.6) is 0 Å². The second-order valence-electron chi connectivity index (χ2n) is 4.05. The number of hydrogen-bond acceptors (Lipinski definition) is 4. The van der Waals surface area contributed by atoms with Crippen molar-refractivity contribution in [2.75, 3.05) is 11.1 Å². The van der Waals surface area contributed by atoms with E-state index in [0.717, 1.165) is 10.2 Å². The molecule has 0 aliphatic rings. The van der Waals surface area contributed by atoms with Gasteiger partial charge in [0.25, 0.3) is 0 Å². The molecule has 2 aromatic rings. The first kappa shape index (κ1) is 15.1. The number of anilines is 3. The molecule has 0 amide bonds. The maximum Gasteiger partial charge on any atom is 0.240 e. The summed E-state index contributed by atoms with van der Waals surface area (Å²) in [6, 6.07) is 9.70. The number of primary sulfonamides is 1. The largest absolute Gasteiger partial charge is 0.398 e. The van der Waals surface area contributed by atoms with E-state index in [2.05, 4.69) is 21.2 Å². The minimum atomic E-state index is -3.82. The van der Waals surface area contributed by atoms with E-state index in [9.17, 15) is 8.42 Å². The van der Waals surface area contributed by atoms with Gasteiger partial charge >= 0.3 is 0 Å². The van der Waals surface area contributed by atoms with E-state index in [4.69, 9.17) is 22.5 Å². The van der Waals surface area contributed by atoms with Gasteiger partial charge in [-0.2, -0.15) is 0 Å². The molecular formula is C12H11BrClN3O2S. The monoisotopic (exact) mass is 375 g/mol. The highest BCUT2D eigenvalue weighted by molar-refractivity contribution is 9.10. The summed E-state index contributed by atoms with van der Waals surface area (Å²) in [5, 5.41) is 8.75. The molecule has 0 fully saturated rings. The third kappa shape index (κ3) is 3.43. The molecule has 8 heteroatoms. The fraction of sp³-hybridized carbons (Fsp3) is 0. The van der Waals surface area contributed by atoms with Crippen LogP contribution in [-0.2, 0) is 10.0 Å². The van der Waals surface area contributed by atoms with E-state index in [-0.39, 0.29) is 10.6 Å². The van der Waals surface area contributed by atoms with Crippen LogP contribution in [0.25, 0.3) is 0 Å². The van der Waals surface area contributed by atoms with Crippen LogP contribution in [0.3, 0.4) is 0 Å². The van der Waals surface area contributed by atoms with E-state index in [1.807, 2.05) is 0 Å². The van der Waals surface area contributed by atoms with Gasteiger partial charge in [0, 0.05) is 15.2 Å². The Kier molecular flexibility index (Phi) is 4.24. The Morgan fingerprint density at radius 2 is 1.85 bits per heavy atom. The molecule has 0 saturated heterocycles. The number of sulfonamides is 1. The first-order valence-electron chi connectivity index (χ1n) is 5.42. The molecule has 0 saturated carbocycles. The van der Waals surface area contributed by atoms with Crippen LogP contribution >= 0.6 is 27.5 Å². The minimum Gasteiger partial charge on any atom is -0.398 e. The molecule has 20 heavy (non-hydrogen) atoms. The Hall–Kier alpha value is -1.28. The number of halogens is 2. The molecule has 2 rings (SSSR count). The van der Waals surface area contributed by atoms with Gasteiger partial charge < -0.3 is 11.1 Å². The number of nitrogen functional groups attached to an aromatic ring is 1. The second-order valence-corrected chi connectivity index (χ2v) is 6.87. The lowest BCUT2D eigenvalue weighted by molar-refractivity contribution is 0.598. The van der Waals surface area contributed by atoms with Crippen molar-refractivity contribution in [3.8, 4) is 0 Å². The van der Waals surface area contributed by atoms with Gasteiger partial charge in [0.05, 0.1) is 11.4 Å². The Bertz CT molecular complexity index is 765. The predicted molar refractivity (Wildman–Crippen MR) is 84.7 cm³/mol. The zero-order valence-electron chi connectivity index (χ0n) is 10.1. The molecule has 106 valence electrons. The van der Waals surface area contributed by atoms with E-state index in [1.54, 1.807) is 24.3 Å². The summed E-state index contributed by atoms with van der Waals surface area (Å²) < 4.78 is 23.3. The van der Waals surface area contributed by atoms with Crippen LogP contribution in [0.1, 0.15) is 0 Å². The number of hydrogen-bond donors (Lipinski definition) is 3. The first-order valence-corrected chi connectivity index (χ1v) is 8.13. The summed E-state index contributed by atoms with van der Waals surface area (Å²) in [5.41, 5.74) is 7.19. The number of benzene rings is 2. The van der Waals surface area contributed by atoms with E-state index in [1.165, 1.54) is 12.1 Å². The lowest BCUT2D eigenvalue weighted by atomic mass is 10.2. The van der Waals surface area contributed by atoms with Gasteiger partial charge in [-0.25, -0.2) is 13.6 Å². The SMILES string of the molecule is Nc1cc(Nc2ccc(Cl)cc2Br)ccc1S(N)(=O)=O. The van der Waals surface area contributed by atoms with Crippen molar-refractivity contribution in [2.24, 2.45) is 5.14 Å². The average Bonchev–Trinajstić information content (AvgIpc) is 2.31. The summed E-state index contributed by atoms with van der Waals surface area (Å²) >= 11 is 9.23. The fourth-order valence-corrected chi connectivity index (χ4v) is 3.06. The van der Waals surface area contributed by atoms with Crippen molar-refractivity contribution < 1.29 is 8.42 Å². The molecule has 0 atom stereocenters. The highest BCUT2D eigenvalue weighted by atomic mass is 79.9. The molecule has 0 bridgehead atoms. The van der Waals surface area contributed by atoms with Crippen molar-refractivity contribution in [3.63, 3.8) is 0 Å². The standard InChI is InChI=1S/C12H11BrClN3O2S/c13-9-5-7(14)1-3-11(9)17-8-2-4-12(10(15)6-8)20(16,18)19/h1-6,17H,15H2,(H2,16,18,19). The van der Waals surface area contributed by atoms with Gasteiger partial charge in [-0.15, -0.1) is 0 Å². The molecule has 0 aliphatic carbocycles. The molecule has 0 spiro atoms. The zero-order valence-corrected chi connectivity index (χ0v) is 13.3. The molecule has 0 heterocycles. The van der Waals surface area contributed by atoms with Crippen molar-refractivity contribution in [2.45, 2.75) is 4.90 Å². The van der Waals surface area contributed by atoms with Crippen LogP contribution < -0.4 is 16.2 Å². The third-order valence-corrected chi connectivity index (χ3v) is 4.40. The molecule has 0 aromatic heterocycles. The summed E-state index contributed by atoms with van der Waals surface area (Å²) in [6.07, 6.45) is 0. The van der Waals surface area contributed by atoms with Gasteiger partial charge in [0.2, 0.25) is 10.0 Å². The van der Waals surface area contributed by atoms with E-state index >= 15 is 0 Å². The van der Waals surface area contributed by atoms with Crippen molar-refractivity contribution in [3.05, 3.63) is 45.9 Å². The van der Waals surface area contributed by atoms with Crippen molar-refractivity contribution >= 4 is 54.6 Å². The highest BCUT2D eigenvalue weighted by Gasteiger charge is 2.12. The molecule has 2 aromatic carbocycles. The average molecular weight is 377 g/mol. The quantitative estimate of drug-likeness (QED) is 0.717. The van der Waals surface area contributed by atoms with Gasteiger partial charge in [0.15, 0.2) is 0 Å². The second kappa shape index (κ2) is 5.61. The molecule has 5 nitrogen and oxygen atoms in total. The summed E-state index contributed by atoms with van der Waals surface area (Å²) in [5.74, 6) is 0. The number of rotatable bonds is 3. The Morgan fingerprint density at radius 3 is 2.40 bits per heavy atom. The molecule has 0 aliphatic heterocycles. The maximum atomic E-state index is 11.3. The van der Waals surface area contributed by atoms with Gasteiger partial charge in [-0.3, -0.25) is 0 Å². The van der Waals surface area contributed by atoms with Crippen LogP contribution in [0.15, 0.2) is 45.8 Å². The van der Waals surface area contributed by atoms with Crippen molar-refractivity contribution in [1.29, 1.82) is 0 Å². The molecule has 0 unspecified atom stereocenters. The summed E-state index contributed by atoms with van der Waals surface area (Å²) in [4.78, 5) is -0.0989. The number of nitrogens with one attached hydrogen (secondary N) is 1. The molecule has 0 radical (unpaired) electrons. The third-order valence-electron chi connectivity index (χ3n) is 2.53. The summed E-state index contributed by atoms with van der Waals surface area (Å²) in [7, 11) is -3.82. The van der Waals surface area contributed by atoms with Crippen molar-refractivity contribution in [1.82, 2.24) is 0 Å². The van der Waals surface area contributed by atoms with Crippen LogP contribution in [-0.4, -0.2) is 8.42 Å². The first-order chi connectivity index (χ1) is 9.27. The minimum absolute atomic E-state index is 0.0857. The molecule has 5 N–H and O–H groups in total. The number of nitrogens with two attached hydrogens (primary N) is 2. The highest BCUT2D eigenvalue weighted by Crippen LogP contribution is 2.30. The fourth-order valence-electron chi connectivity index (χ4n) is 1.63. The Balaban J connectivity index is 2.34. The lowest BCUT2D eigenvalue weighted by Gasteiger charge is -2.11.